The van der Waals surface area contributed by atoms with Crippen molar-refractivity contribution < 1.29 is 27.1 Å². The number of aryl methyl sites for hydroxylation is 1. The van der Waals surface area contributed by atoms with Crippen molar-refractivity contribution in [2.24, 2.45) is 0 Å². The van der Waals surface area contributed by atoms with Crippen LogP contribution in [0.1, 0.15) is 24.1 Å². The maximum Gasteiger partial charge on any atom is 0.264 e. The maximum atomic E-state index is 13.6. The molecular weight excluding hydrogens is 459 g/mol. The highest BCUT2D eigenvalue weighted by molar-refractivity contribution is 7.92. The highest BCUT2D eigenvalue weighted by Crippen LogP contribution is 2.35. The number of nitrogens with one attached hydrogen (secondary N) is 1. The number of rotatable bonds is 9. The molecule has 0 unspecified atom stereocenters. The number of halogens is 1. The predicted octanol–water partition coefficient (Wildman–Crippen LogP) is 4.22. The van der Waals surface area contributed by atoms with Crippen molar-refractivity contribution >= 4 is 21.6 Å². The van der Waals surface area contributed by atoms with Crippen LogP contribution in [-0.2, 0) is 14.8 Å². The molecule has 1 N–H and O–H groups in total. The Bertz CT molecular complexity index is 1250. The minimum atomic E-state index is -4.14. The first kappa shape index (κ1) is 25.0. The molecule has 1 amide bonds. The van der Waals surface area contributed by atoms with Gasteiger partial charge < -0.3 is 14.8 Å². The van der Waals surface area contributed by atoms with Gasteiger partial charge in [-0.05, 0) is 55.8 Å². The van der Waals surface area contributed by atoms with Gasteiger partial charge in [-0.15, -0.1) is 0 Å². The monoisotopic (exact) mass is 486 g/mol. The third-order valence-electron chi connectivity index (χ3n) is 5.30. The first-order valence-corrected chi connectivity index (χ1v) is 12.0. The summed E-state index contributed by atoms with van der Waals surface area (Å²) < 4.78 is 52.2. The molecule has 0 heterocycles. The fourth-order valence-corrected chi connectivity index (χ4v) is 4.80. The Kier molecular flexibility index (Phi) is 7.78. The zero-order valence-corrected chi connectivity index (χ0v) is 20.2. The highest BCUT2D eigenvalue weighted by atomic mass is 32.2. The number of nitrogens with zero attached hydrogens (tertiary/aromatic N) is 1. The van der Waals surface area contributed by atoms with E-state index in [4.69, 9.17) is 9.47 Å². The second-order valence-electron chi connectivity index (χ2n) is 7.70. The quantitative estimate of drug-likeness (QED) is 0.490. The molecule has 0 saturated carbocycles. The van der Waals surface area contributed by atoms with E-state index in [0.29, 0.717) is 11.3 Å². The first-order valence-electron chi connectivity index (χ1n) is 10.5. The van der Waals surface area contributed by atoms with Crippen molar-refractivity contribution in [2.45, 2.75) is 24.8 Å². The van der Waals surface area contributed by atoms with Crippen molar-refractivity contribution in [1.29, 1.82) is 0 Å². The second-order valence-corrected chi connectivity index (χ2v) is 9.57. The van der Waals surface area contributed by atoms with Gasteiger partial charge in [-0.2, -0.15) is 0 Å². The largest absolute Gasteiger partial charge is 0.497 e. The molecule has 3 rings (SSSR count). The number of hydrogen-bond acceptors (Lipinski definition) is 5. The molecular formula is C25H27FN2O5S. The van der Waals surface area contributed by atoms with Gasteiger partial charge >= 0.3 is 0 Å². The fourth-order valence-electron chi connectivity index (χ4n) is 3.38. The van der Waals surface area contributed by atoms with Gasteiger partial charge in [0.1, 0.15) is 23.9 Å². The number of carbonyl (C=O) groups is 1. The molecule has 3 aromatic rings. The number of carbonyl (C=O) groups excluding carboxylic acids is 1. The van der Waals surface area contributed by atoms with Crippen LogP contribution in [0.4, 0.5) is 10.1 Å². The van der Waals surface area contributed by atoms with Gasteiger partial charge in [-0.25, -0.2) is 12.8 Å². The van der Waals surface area contributed by atoms with Crippen LogP contribution in [0.5, 0.6) is 11.5 Å². The minimum Gasteiger partial charge on any atom is -0.497 e. The summed E-state index contributed by atoms with van der Waals surface area (Å²) in [5.41, 5.74) is 1.74. The number of hydrogen-bond donors (Lipinski definition) is 1. The van der Waals surface area contributed by atoms with Crippen LogP contribution >= 0.6 is 0 Å². The molecule has 180 valence electrons. The predicted molar refractivity (Wildman–Crippen MR) is 128 cm³/mol. The number of benzene rings is 3. The Balaban J connectivity index is 1.99. The summed E-state index contributed by atoms with van der Waals surface area (Å²) in [6, 6.07) is 16.3. The van der Waals surface area contributed by atoms with Crippen LogP contribution in [0.3, 0.4) is 0 Å². The van der Waals surface area contributed by atoms with Crippen LogP contribution < -0.4 is 19.1 Å². The van der Waals surface area contributed by atoms with Crippen molar-refractivity contribution in [3.8, 4) is 11.5 Å². The van der Waals surface area contributed by atoms with Crippen molar-refractivity contribution in [3.05, 3.63) is 83.7 Å². The Hall–Kier alpha value is -3.59. The third-order valence-corrected chi connectivity index (χ3v) is 7.07. The van der Waals surface area contributed by atoms with E-state index in [9.17, 15) is 17.6 Å². The lowest BCUT2D eigenvalue weighted by Crippen LogP contribution is -2.41. The molecule has 9 heteroatoms. The number of sulfonamides is 1. The molecule has 0 radical (unpaired) electrons. The van der Waals surface area contributed by atoms with Crippen LogP contribution in [0, 0.1) is 12.7 Å². The lowest BCUT2D eigenvalue weighted by atomic mass is 10.1. The molecule has 0 spiro atoms. The molecule has 1 atom stereocenters. The van der Waals surface area contributed by atoms with Crippen LogP contribution in [-0.4, -0.2) is 35.1 Å². The fraction of sp³-hybridized carbons (Fsp3) is 0.240. The number of ether oxygens (including phenoxy) is 2. The van der Waals surface area contributed by atoms with E-state index in [1.54, 1.807) is 43.3 Å². The summed E-state index contributed by atoms with van der Waals surface area (Å²) in [7, 11) is -1.27. The van der Waals surface area contributed by atoms with Gasteiger partial charge in [0.05, 0.1) is 30.8 Å². The molecule has 3 aromatic carbocycles. The Morgan fingerprint density at radius 3 is 2.24 bits per heavy atom. The van der Waals surface area contributed by atoms with Gasteiger partial charge in [-0.3, -0.25) is 9.10 Å². The Labute approximate surface area is 199 Å². The minimum absolute atomic E-state index is 0.0300. The normalized spacial score (nSPS) is 12.0. The summed E-state index contributed by atoms with van der Waals surface area (Å²) in [5.74, 6) is -0.268. The SMILES string of the molecule is COc1ccc(OC)c(N(CC(=O)N[C@H](C)c2ccc(F)cc2)S(=O)(=O)c2ccc(C)cc2)c1. The average Bonchev–Trinajstić information content (AvgIpc) is 2.82. The second kappa shape index (κ2) is 10.6. The van der Waals surface area contributed by atoms with Crippen molar-refractivity contribution in [3.63, 3.8) is 0 Å². The molecule has 0 fully saturated rings. The molecule has 0 bridgehead atoms. The lowest BCUT2D eigenvalue weighted by Gasteiger charge is -2.27. The van der Waals surface area contributed by atoms with Crippen LogP contribution in [0.15, 0.2) is 71.6 Å². The van der Waals surface area contributed by atoms with E-state index in [1.165, 1.54) is 44.6 Å². The molecule has 7 nitrogen and oxygen atoms in total. The van der Waals surface area contributed by atoms with Crippen LogP contribution in [0.25, 0.3) is 0 Å². The van der Waals surface area contributed by atoms with Gasteiger partial charge in [-0.1, -0.05) is 29.8 Å². The summed E-state index contributed by atoms with van der Waals surface area (Å²) in [4.78, 5) is 13.0. The Morgan fingerprint density at radius 2 is 1.65 bits per heavy atom. The van der Waals surface area contributed by atoms with Gasteiger partial charge in [0, 0.05) is 6.07 Å². The number of methoxy groups -OCH3 is 2. The van der Waals surface area contributed by atoms with Crippen molar-refractivity contribution in [1.82, 2.24) is 5.32 Å². The van der Waals surface area contributed by atoms with Gasteiger partial charge in [0.2, 0.25) is 5.91 Å². The summed E-state index contributed by atoms with van der Waals surface area (Å²) in [6.45, 7) is 3.07. The molecule has 0 saturated heterocycles. The first-order chi connectivity index (χ1) is 16.1. The van der Waals surface area contributed by atoms with E-state index < -0.39 is 28.5 Å². The molecule has 0 aliphatic heterocycles. The van der Waals surface area contributed by atoms with E-state index >= 15 is 0 Å². The third kappa shape index (κ3) is 5.66. The number of anilines is 1. The topological polar surface area (TPSA) is 84.9 Å². The lowest BCUT2D eigenvalue weighted by molar-refractivity contribution is -0.120. The van der Waals surface area contributed by atoms with Gasteiger partial charge in [0.25, 0.3) is 10.0 Å². The standard InChI is InChI=1S/C25H27FN2O5S/c1-17-5-12-22(13-6-17)34(30,31)28(23-15-21(32-3)11-14-24(23)33-4)16-25(29)27-18(2)19-7-9-20(26)10-8-19/h5-15,18H,16H2,1-4H3,(H,27,29)/t18-/m1/s1. The smallest absolute Gasteiger partial charge is 0.264 e. The molecule has 0 aromatic heterocycles. The maximum absolute atomic E-state index is 13.6. The van der Waals surface area contributed by atoms with E-state index in [1.807, 2.05) is 6.92 Å². The van der Waals surface area contributed by atoms with Crippen LogP contribution in [0.2, 0.25) is 0 Å². The Morgan fingerprint density at radius 1 is 1.00 bits per heavy atom. The molecule has 0 aliphatic rings. The highest BCUT2D eigenvalue weighted by Gasteiger charge is 2.30. The van der Waals surface area contributed by atoms with E-state index in [0.717, 1.165) is 9.87 Å². The van der Waals surface area contributed by atoms with Crippen molar-refractivity contribution in [2.75, 3.05) is 25.1 Å². The number of amides is 1. The summed E-state index contributed by atoms with van der Waals surface area (Å²) in [5, 5.41) is 2.78. The van der Waals surface area contributed by atoms with E-state index in [2.05, 4.69) is 5.32 Å². The van der Waals surface area contributed by atoms with E-state index in [-0.39, 0.29) is 22.1 Å². The molecule has 0 aliphatic carbocycles. The van der Waals surface area contributed by atoms with Gasteiger partial charge in [0.15, 0.2) is 0 Å². The molecule has 34 heavy (non-hydrogen) atoms. The zero-order chi connectivity index (χ0) is 24.9. The average molecular weight is 487 g/mol. The summed E-state index contributed by atoms with van der Waals surface area (Å²) in [6.07, 6.45) is 0. The zero-order valence-electron chi connectivity index (χ0n) is 19.4. The summed E-state index contributed by atoms with van der Waals surface area (Å²) >= 11 is 0.